The van der Waals surface area contributed by atoms with Crippen LogP contribution in [0.4, 0.5) is 13.2 Å². The van der Waals surface area contributed by atoms with E-state index in [1.807, 2.05) is 0 Å². The van der Waals surface area contributed by atoms with Gasteiger partial charge < -0.3 is 0 Å². The number of hydrogen-bond donors (Lipinski definition) is 0. The lowest BCUT2D eigenvalue weighted by atomic mass is 10.1. The van der Waals surface area contributed by atoms with Crippen molar-refractivity contribution in [3.05, 3.63) is 90.2 Å². The minimum absolute atomic E-state index is 0.438. The molecule has 3 aromatic carbocycles. The number of halogens is 3. The van der Waals surface area contributed by atoms with Gasteiger partial charge in [-0.05, 0) is 48.5 Å². The number of rotatable bonds is 6. The van der Waals surface area contributed by atoms with Crippen LogP contribution in [0.5, 0.6) is 0 Å². The first-order valence-corrected chi connectivity index (χ1v) is 15.1. The minimum atomic E-state index is -4.96. The average molecular weight is 574 g/mol. The molecule has 14 heteroatoms. The predicted octanol–water partition coefficient (Wildman–Crippen LogP) is 2.36. The summed E-state index contributed by atoms with van der Waals surface area (Å²) in [5.74, 6) is -4.67. The zero-order valence-electron chi connectivity index (χ0n) is 18.7. The summed E-state index contributed by atoms with van der Waals surface area (Å²) in [6.45, 7) is -2.09. The Kier molecular flexibility index (Phi) is 7.05. The first-order chi connectivity index (χ1) is 17.3. The number of piperidine rings is 1. The monoisotopic (exact) mass is 573 g/mol. The first-order valence-electron chi connectivity index (χ1n) is 10.5. The fourth-order valence-corrected chi connectivity index (χ4v) is 9.21. The van der Waals surface area contributed by atoms with Gasteiger partial charge in [-0.1, -0.05) is 24.3 Å². The normalized spacial score (nSPS) is 19.6. The van der Waals surface area contributed by atoms with Gasteiger partial charge in [0.1, 0.15) is 37.7 Å². The molecular formula is C23H18F3NO7S3. The van der Waals surface area contributed by atoms with Crippen LogP contribution in [0, 0.1) is 17.5 Å². The van der Waals surface area contributed by atoms with E-state index in [1.165, 1.54) is 24.3 Å². The van der Waals surface area contributed by atoms with Crippen molar-refractivity contribution in [2.24, 2.45) is 0 Å². The largest absolute Gasteiger partial charge is 0.297 e. The van der Waals surface area contributed by atoms with Gasteiger partial charge in [0.25, 0.3) is 0 Å². The Hall–Kier alpha value is -3.07. The summed E-state index contributed by atoms with van der Waals surface area (Å²) in [5, 5.41) is -4.67. The van der Waals surface area contributed by atoms with E-state index in [9.17, 15) is 43.2 Å². The number of sulfonamides is 1. The molecule has 1 saturated heterocycles. The summed E-state index contributed by atoms with van der Waals surface area (Å²) in [6, 6.07) is 11.4. The third kappa shape index (κ3) is 4.81. The molecule has 8 nitrogen and oxygen atoms in total. The first kappa shape index (κ1) is 27.0. The second-order valence-corrected chi connectivity index (χ2v) is 14.2. The highest BCUT2D eigenvalue weighted by atomic mass is 32.2. The van der Waals surface area contributed by atoms with E-state index < -0.39 is 91.2 Å². The number of carbonyl (C=O) groups excluding carboxylic acids is 1. The number of hydrogen-bond acceptors (Lipinski definition) is 7. The topological polar surface area (TPSA) is 123 Å². The zero-order chi connectivity index (χ0) is 27.2. The van der Waals surface area contributed by atoms with Gasteiger partial charge in [0.05, 0.1) is 4.90 Å². The molecule has 1 aliphatic rings. The van der Waals surface area contributed by atoms with Crippen LogP contribution in [-0.2, 0) is 34.5 Å². The van der Waals surface area contributed by atoms with Crippen LogP contribution < -0.4 is 0 Å². The molecule has 0 aromatic heterocycles. The number of Topliss-reactive ketones (excluding diaryl/α,β-unsaturated/α-hetero) is 1. The average Bonchev–Trinajstić information content (AvgIpc) is 2.84. The number of nitrogens with zero attached hydrogens (tertiary/aromatic N) is 1. The molecule has 2 unspecified atom stereocenters. The highest BCUT2D eigenvalue weighted by Crippen LogP contribution is 2.32. The number of sulfone groups is 2. The van der Waals surface area contributed by atoms with Crippen molar-refractivity contribution in [2.45, 2.75) is 25.2 Å². The molecule has 1 aliphatic heterocycles. The van der Waals surface area contributed by atoms with E-state index in [-0.39, 0.29) is 0 Å². The van der Waals surface area contributed by atoms with Crippen molar-refractivity contribution >= 4 is 35.5 Å². The smallest absolute Gasteiger partial charge is 0.243 e. The van der Waals surface area contributed by atoms with Gasteiger partial charge in [-0.15, -0.1) is 0 Å². The lowest BCUT2D eigenvalue weighted by Crippen LogP contribution is -2.59. The van der Waals surface area contributed by atoms with Crippen LogP contribution in [0.3, 0.4) is 0 Å². The van der Waals surface area contributed by atoms with E-state index >= 15 is 0 Å². The van der Waals surface area contributed by atoms with Gasteiger partial charge in [0, 0.05) is 13.1 Å². The lowest BCUT2D eigenvalue weighted by Gasteiger charge is -2.35. The summed E-state index contributed by atoms with van der Waals surface area (Å²) in [7, 11) is -14.6. The molecular weight excluding hydrogens is 555 g/mol. The van der Waals surface area contributed by atoms with Crippen LogP contribution in [0.1, 0.15) is 0 Å². The highest BCUT2D eigenvalue weighted by Gasteiger charge is 2.52. The van der Waals surface area contributed by atoms with Gasteiger partial charge >= 0.3 is 0 Å². The highest BCUT2D eigenvalue weighted by molar-refractivity contribution is 7.95. The Balaban J connectivity index is 1.89. The van der Waals surface area contributed by atoms with Crippen molar-refractivity contribution in [2.75, 3.05) is 13.1 Å². The standard InChI is InChI=1S/C23H18F3NO7S3/c24-15-9-11-16(12-10-15)37(33,34)27-13-21(35(29,30)19-7-3-1-5-17(19)25)23(28)22(14-27)36(31,32)20-8-4-2-6-18(20)26/h1-12,21-22H,13-14H2. The maximum absolute atomic E-state index is 14.4. The second-order valence-electron chi connectivity index (χ2n) is 8.11. The molecule has 37 heavy (non-hydrogen) atoms. The molecule has 0 radical (unpaired) electrons. The summed E-state index contributed by atoms with van der Waals surface area (Å²) in [6.07, 6.45) is 0. The molecule has 0 N–H and O–H groups in total. The quantitative estimate of drug-likeness (QED) is 0.444. The molecule has 0 amide bonds. The van der Waals surface area contributed by atoms with Crippen LogP contribution in [0.25, 0.3) is 0 Å². The minimum Gasteiger partial charge on any atom is -0.297 e. The number of benzene rings is 3. The molecule has 3 aromatic rings. The van der Waals surface area contributed by atoms with Crippen molar-refractivity contribution in [1.82, 2.24) is 4.31 Å². The van der Waals surface area contributed by atoms with Crippen molar-refractivity contribution in [1.29, 1.82) is 0 Å². The number of carbonyl (C=O) groups is 1. The molecule has 0 bridgehead atoms. The summed E-state index contributed by atoms with van der Waals surface area (Å²) in [5.41, 5.74) is 0. The van der Waals surface area contributed by atoms with E-state index in [0.29, 0.717) is 4.31 Å². The summed E-state index contributed by atoms with van der Waals surface area (Å²) >= 11 is 0. The molecule has 0 saturated carbocycles. The Morgan fingerprint density at radius 2 is 1.03 bits per heavy atom. The van der Waals surface area contributed by atoms with E-state index in [2.05, 4.69) is 0 Å². The van der Waals surface area contributed by atoms with Gasteiger partial charge in [-0.3, -0.25) is 4.79 Å². The summed E-state index contributed by atoms with van der Waals surface area (Å²) in [4.78, 5) is 11.0. The lowest BCUT2D eigenvalue weighted by molar-refractivity contribution is -0.119. The predicted molar refractivity (Wildman–Crippen MR) is 125 cm³/mol. The third-order valence-corrected chi connectivity index (χ3v) is 11.9. The maximum atomic E-state index is 14.4. The van der Waals surface area contributed by atoms with Crippen molar-refractivity contribution < 1.29 is 43.2 Å². The second kappa shape index (κ2) is 9.67. The molecule has 4 rings (SSSR count). The van der Waals surface area contributed by atoms with Gasteiger partial charge in [0.2, 0.25) is 10.0 Å². The van der Waals surface area contributed by atoms with E-state index in [0.717, 1.165) is 48.5 Å². The zero-order valence-corrected chi connectivity index (χ0v) is 21.1. The molecule has 196 valence electrons. The van der Waals surface area contributed by atoms with Crippen LogP contribution in [0.2, 0.25) is 0 Å². The summed E-state index contributed by atoms with van der Waals surface area (Å²) < 4.78 is 123. The van der Waals surface area contributed by atoms with E-state index in [1.54, 1.807) is 0 Å². The van der Waals surface area contributed by atoms with Gasteiger partial charge in [-0.25, -0.2) is 38.4 Å². The van der Waals surface area contributed by atoms with Gasteiger partial charge in [0.15, 0.2) is 25.5 Å². The molecule has 1 heterocycles. The van der Waals surface area contributed by atoms with Crippen LogP contribution >= 0.6 is 0 Å². The van der Waals surface area contributed by atoms with Crippen LogP contribution in [-0.4, -0.2) is 58.9 Å². The molecule has 0 spiro atoms. The maximum Gasteiger partial charge on any atom is 0.243 e. The Morgan fingerprint density at radius 3 is 1.43 bits per heavy atom. The van der Waals surface area contributed by atoms with Gasteiger partial charge in [-0.2, -0.15) is 4.31 Å². The van der Waals surface area contributed by atoms with E-state index in [4.69, 9.17) is 0 Å². The Bertz CT molecular complexity index is 1600. The molecule has 1 fully saturated rings. The SMILES string of the molecule is O=C1C(S(=O)(=O)c2ccccc2F)CN(S(=O)(=O)c2ccc(F)cc2)CC1S(=O)(=O)c1ccccc1F. The molecule has 2 atom stereocenters. The van der Waals surface area contributed by atoms with Crippen molar-refractivity contribution in [3.8, 4) is 0 Å². The fourth-order valence-electron chi connectivity index (χ4n) is 3.94. The molecule has 0 aliphatic carbocycles. The fraction of sp³-hybridized carbons (Fsp3) is 0.174. The van der Waals surface area contributed by atoms with Crippen molar-refractivity contribution in [3.63, 3.8) is 0 Å². The third-order valence-electron chi connectivity index (χ3n) is 5.86. The Morgan fingerprint density at radius 1 is 0.622 bits per heavy atom. The Labute approximate surface area is 211 Å². The number of ketones is 1. The van der Waals surface area contributed by atoms with Crippen LogP contribution in [0.15, 0.2) is 87.5 Å².